The summed E-state index contributed by atoms with van der Waals surface area (Å²) in [5.41, 5.74) is 4.78. The Kier molecular flexibility index (Phi) is 1.98. The molecule has 0 aromatic carbocycles. The van der Waals surface area contributed by atoms with Gasteiger partial charge in [0.2, 0.25) is 5.91 Å². The van der Waals surface area contributed by atoms with Gasteiger partial charge in [0.15, 0.2) is 0 Å². The molecule has 1 unspecified atom stereocenters. The quantitative estimate of drug-likeness (QED) is 0.597. The van der Waals surface area contributed by atoms with Crippen molar-refractivity contribution in [2.24, 2.45) is 5.73 Å². The topological polar surface area (TPSA) is 55.1 Å². The highest BCUT2D eigenvalue weighted by atomic mass is 16.1. The van der Waals surface area contributed by atoms with Crippen LogP contribution in [0.2, 0.25) is 0 Å². The van der Waals surface area contributed by atoms with Crippen LogP contribution in [0.1, 0.15) is 13.3 Å². The van der Waals surface area contributed by atoms with E-state index >= 15 is 0 Å². The average Bonchev–Trinajstić information content (AvgIpc) is 1.85. The van der Waals surface area contributed by atoms with Gasteiger partial charge in [-0.3, -0.25) is 4.79 Å². The third-order valence-electron chi connectivity index (χ3n) is 1.63. The monoisotopic (exact) mass is 152 g/mol. The standard InChI is InChI=1S/C8H12N2O/c1-8(6-7(9)11)4-2-3-5-10-8/h2-5,10H,6H2,1H3,(H2,9,11). The number of nitrogens with two attached hydrogens (primary N) is 1. The smallest absolute Gasteiger partial charge is 0.220 e. The predicted molar refractivity (Wildman–Crippen MR) is 43.6 cm³/mol. The highest BCUT2D eigenvalue weighted by Gasteiger charge is 2.22. The molecule has 1 amide bonds. The van der Waals surface area contributed by atoms with Crippen molar-refractivity contribution < 1.29 is 4.79 Å². The summed E-state index contributed by atoms with van der Waals surface area (Å²) in [5, 5.41) is 3.06. The first kappa shape index (κ1) is 7.85. The van der Waals surface area contributed by atoms with Crippen LogP contribution in [-0.4, -0.2) is 11.4 Å². The molecule has 0 spiro atoms. The molecule has 3 heteroatoms. The van der Waals surface area contributed by atoms with Crippen molar-refractivity contribution in [1.29, 1.82) is 0 Å². The second-order valence-corrected chi connectivity index (χ2v) is 2.92. The van der Waals surface area contributed by atoms with Crippen molar-refractivity contribution in [3.05, 3.63) is 24.4 Å². The summed E-state index contributed by atoms with van der Waals surface area (Å²) in [6.07, 6.45) is 7.84. The molecule has 11 heavy (non-hydrogen) atoms. The highest BCUT2D eigenvalue weighted by Crippen LogP contribution is 2.13. The molecule has 1 rings (SSSR count). The number of carbonyl (C=O) groups excluding carboxylic acids is 1. The number of carbonyl (C=O) groups is 1. The second kappa shape index (κ2) is 2.78. The van der Waals surface area contributed by atoms with Crippen molar-refractivity contribution >= 4 is 5.91 Å². The van der Waals surface area contributed by atoms with E-state index in [1.165, 1.54) is 0 Å². The molecule has 3 N–H and O–H groups in total. The zero-order valence-electron chi connectivity index (χ0n) is 6.50. The Morgan fingerprint density at radius 3 is 2.82 bits per heavy atom. The van der Waals surface area contributed by atoms with Crippen LogP contribution < -0.4 is 11.1 Å². The maximum absolute atomic E-state index is 10.6. The molecule has 0 bridgehead atoms. The number of amides is 1. The molecular weight excluding hydrogens is 140 g/mol. The summed E-state index contributed by atoms with van der Waals surface area (Å²) < 4.78 is 0. The van der Waals surface area contributed by atoms with Crippen LogP contribution in [-0.2, 0) is 4.79 Å². The summed E-state index contributed by atoms with van der Waals surface area (Å²) in [6.45, 7) is 1.93. The summed E-state index contributed by atoms with van der Waals surface area (Å²) in [5.74, 6) is -0.292. The van der Waals surface area contributed by atoms with Crippen LogP contribution in [0.15, 0.2) is 24.4 Å². The first-order valence-corrected chi connectivity index (χ1v) is 3.53. The van der Waals surface area contributed by atoms with Crippen LogP contribution in [0, 0.1) is 0 Å². The molecule has 60 valence electrons. The SMILES string of the molecule is CC1(CC(N)=O)C=CC=CN1. The Morgan fingerprint density at radius 1 is 1.64 bits per heavy atom. The molecule has 0 radical (unpaired) electrons. The molecule has 1 aliphatic heterocycles. The van der Waals surface area contributed by atoms with Gasteiger partial charge in [0.05, 0.1) is 12.0 Å². The van der Waals surface area contributed by atoms with Crippen molar-refractivity contribution in [1.82, 2.24) is 5.32 Å². The van der Waals surface area contributed by atoms with Gasteiger partial charge in [-0.2, -0.15) is 0 Å². The van der Waals surface area contributed by atoms with E-state index in [9.17, 15) is 4.79 Å². The molecule has 0 aliphatic carbocycles. The van der Waals surface area contributed by atoms with E-state index in [2.05, 4.69) is 5.32 Å². The van der Waals surface area contributed by atoms with Gasteiger partial charge >= 0.3 is 0 Å². The lowest BCUT2D eigenvalue weighted by Crippen LogP contribution is -2.41. The van der Waals surface area contributed by atoms with Crippen LogP contribution in [0.25, 0.3) is 0 Å². The minimum Gasteiger partial charge on any atom is -0.382 e. The summed E-state index contributed by atoms with van der Waals surface area (Å²) in [7, 11) is 0. The maximum atomic E-state index is 10.6. The summed E-state index contributed by atoms with van der Waals surface area (Å²) in [4.78, 5) is 10.6. The molecule has 3 nitrogen and oxygen atoms in total. The van der Waals surface area contributed by atoms with Gasteiger partial charge in [0.25, 0.3) is 0 Å². The van der Waals surface area contributed by atoms with E-state index < -0.39 is 0 Å². The van der Waals surface area contributed by atoms with E-state index in [1.807, 2.05) is 31.4 Å². The fourth-order valence-corrected chi connectivity index (χ4v) is 1.08. The van der Waals surface area contributed by atoms with Crippen molar-refractivity contribution in [3.63, 3.8) is 0 Å². The largest absolute Gasteiger partial charge is 0.382 e. The van der Waals surface area contributed by atoms with Crippen LogP contribution in [0.3, 0.4) is 0 Å². The van der Waals surface area contributed by atoms with E-state index in [0.29, 0.717) is 6.42 Å². The minimum absolute atomic E-state index is 0.291. The lowest BCUT2D eigenvalue weighted by Gasteiger charge is -2.26. The Hall–Kier alpha value is -1.25. The molecule has 0 saturated heterocycles. The first-order chi connectivity index (χ1) is 5.12. The van der Waals surface area contributed by atoms with Gasteiger partial charge < -0.3 is 11.1 Å². The molecule has 1 heterocycles. The number of dihydropyridines is 1. The van der Waals surface area contributed by atoms with E-state index in [4.69, 9.17) is 5.73 Å². The molecule has 0 aromatic heterocycles. The second-order valence-electron chi connectivity index (χ2n) is 2.92. The highest BCUT2D eigenvalue weighted by molar-refractivity contribution is 5.75. The normalized spacial score (nSPS) is 28.1. The number of hydrogen-bond donors (Lipinski definition) is 2. The molecule has 0 fully saturated rings. The van der Waals surface area contributed by atoms with Crippen LogP contribution in [0.4, 0.5) is 0 Å². The fourth-order valence-electron chi connectivity index (χ4n) is 1.08. The maximum Gasteiger partial charge on any atom is 0.220 e. The molecule has 0 saturated carbocycles. The fraction of sp³-hybridized carbons (Fsp3) is 0.375. The number of allylic oxidation sites excluding steroid dienone is 2. The Labute approximate surface area is 66.0 Å². The van der Waals surface area contributed by atoms with Gasteiger partial charge in [-0.25, -0.2) is 0 Å². The molecular formula is C8H12N2O. The third kappa shape index (κ3) is 2.11. The van der Waals surface area contributed by atoms with Crippen LogP contribution in [0.5, 0.6) is 0 Å². The van der Waals surface area contributed by atoms with E-state index in [-0.39, 0.29) is 11.4 Å². The zero-order valence-corrected chi connectivity index (χ0v) is 6.50. The molecule has 1 aliphatic rings. The van der Waals surface area contributed by atoms with E-state index in [0.717, 1.165) is 0 Å². The van der Waals surface area contributed by atoms with Crippen molar-refractivity contribution in [3.8, 4) is 0 Å². The number of rotatable bonds is 2. The minimum atomic E-state index is -0.292. The van der Waals surface area contributed by atoms with Gasteiger partial charge in [-0.05, 0) is 19.2 Å². The predicted octanol–water partition coefficient (Wildman–Crippen LogP) is 0.294. The Morgan fingerprint density at radius 2 is 2.36 bits per heavy atom. The van der Waals surface area contributed by atoms with Crippen LogP contribution >= 0.6 is 0 Å². The number of hydrogen-bond acceptors (Lipinski definition) is 2. The number of nitrogens with one attached hydrogen (secondary N) is 1. The van der Waals surface area contributed by atoms with Gasteiger partial charge in [-0.15, -0.1) is 0 Å². The zero-order chi connectivity index (χ0) is 8.32. The van der Waals surface area contributed by atoms with Crippen molar-refractivity contribution in [2.75, 3.05) is 0 Å². The lowest BCUT2D eigenvalue weighted by molar-refractivity contribution is -0.118. The third-order valence-corrected chi connectivity index (χ3v) is 1.63. The first-order valence-electron chi connectivity index (χ1n) is 3.53. The lowest BCUT2D eigenvalue weighted by atomic mass is 9.95. The van der Waals surface area contributed by atoms with Crippen molar-refractivity contribution in [2.45, 2.75) is 18.9 Å². The Bertz CT molecular complexity index is 220. The summed E-state index contributed by atoms with van der Waals surface area (Å²) in [6, 6.07) is 0. The number of primary amides is 1. The molecule has 0 aromatic rings. The average molecular weight is 152 g/mol. The van der Waals surface area contributed by atoms with Gasteiger partial charge in [0, 0.05) is 0 Å². The summed E-state index contributed by atoms with van der Waals surface area (Å²) >= 11 is 0. The van der Waals surface area contributed by atoms with Gasteiger partial charge in [-0.1, -0.05) is 12.2 Å². The van der Waals surface area contributed by atoms with Gasteiger partial charge in [0.1, 0.15) is 0 Å². The molecule has 1 atom stereocenters. The Balaban J connectivity index is 2.61. The van der Waals surface area contributed by atoms with E-state index in [1.54, 1.807) is 0 Å².